The standard InChI is InChI=1S/C12H14FNO3/c13-10-3-1-2-4-11(10)14-9(5-6-15)7-17-8-12(14)16/h1-4,9,15H,5-8H2. The second-order valence-corrected chi connectivity index (χ2v) is 3.90. The molecule has 0 radical (unpaired) electrons. The summed E-state index contributed by atoms with van der Waals surface area (Å²) in [5.41, 5.74) is 0.249. The highest BCUT2D eigenvalue weighted by Crippen LogP contribution is 2.24. The average molecular weight is 239 g/mol. The SMILES string of the molecule is O=C1COCC(CCO)N1c1ccccc1F. The molecule has 4 nitrogen and oxygen atoms in total. The number of amides is 1. The van der Waals surface area contributed by atoms with E-state index in [1.807, 2.05) is 0 Å². The van der Waals surface area contributed by atoms with Gasteiger partial charge in [-0.25, -0.2) is 4.39 Å². The fourth-order valence-corrected chi connectivity index (χ4v) is 1.97. The predicted octanol–water partition coefficient (Wildman–Crippen LogP) is 0.940. The molecule has 5 heteroatoms. The monoisotopic (exact) mass is 239 g/mol. The predicted molar refractivity (Wildman–Crippen MR) is 60.2 cm³/mol. The third kappa shape index (κ3) is 2.45. The Bertz CT molecular complexity index is 408. The van der Waals surface area contributed by atoms with Gasteiger partial charge in [-0.3, -0.25) is 4.79 Å². The minimum atomic E-state index is -0.439. The van der Waals surface area contributed by atoms with Crippen molar-refractivity contribution in [3.05, 3.63) is 30.1 Å². The highest BCUT2D eigenvalue weighted by molar-refractivity contribution is 5.95. The molecule has 1 saturated heterocycles. The Balaban J connectivity index is 2.31. The molecule has 1 unspecified atom stereocenters. The number of carbonyl (C=O) groups is 1. The van der Waals surface area contributed by atoms with Gasteiger partial charge in [0.15, 0.2) is 0 Å². The number of benzene rings is 1. The van der Waals surface area contributed by atoms with Gasteiger partial charge in [-0.1, -0.05) is 12.1 Å². The van der Waals surface area contributed by atoms with Gasteiger partial charge in [-0.15, -0.1) is 0 Å². The Morgan fingerprint density at radius 3 is 2.94 bits per heavy atom. The number of hydrogen-bond donors (Lipinski definition) is 1. The number of aliphatic hydroxyl groups is 1. The number of aliphatic hydroxyl groups excluding tert-OH is 1. The number of hydrogen-bond acceptors (Lipinski definition) is 3. The lowest BCUT2D eigenvalue weighted by molar-refractivity contribution is -0.127. The van der Waals surface area contributed by atoms with Crippen molar-refractivity contribution in [2.24, 2.45) is 0 Å². The molecule has 2 rings (SSSR count). The lowest BCUT2D eigenvalue weighted by atomic mass is 10.1. The largest absolute Gasteiger partial charge is 0.396 e. The Morgan fingerprint density at radius 2 is 2.24 bits per heavy atom. The Hall–Kier alpha value is -1.46. The molecule has 0 spiro atoms. The van der Waals surface area contributed by atoms with Crippen LogP contribution in [0.4, 0.5) is 10.1 Å². The van der Waals surface area contributed by atoms with E-state index >= 15 is 0 Å². The minimum absolute atomic E-state index is 0.0454. The summed E-state index contributed by atoms with van der Waals surface area (Å²) in [5.74, 6) is -0.717. The van der Waals surface area contributed by atoms with E-state index in [9.17, 15) is 9.18 Å². The van der Waals surface area contributed by atoms with Crippen molar-refractivity contribution in [2.45, 2.75) is 12.5 Å². The summed E-state index contributed by atoms with van der Waals surface area (Å²) in [7, 11) is 0. The van der Waals surface area contributed by atoms with Gasteiger partial charge in [-0.2, -0.15) is 0 Å². The highest BCUT2D eigenvalue weighted by Gasteiger charge is 2.31. The number of ether oxygens (including phenoxy) is 1. The molecule has 1 atom stereocenters. The van der Waals surface area contributed by atoms with Crippen LogP contribution in [-0.2, 0) is 9.53 Å². The maximum atomic E-state index is 13.7. The van der Waals surface area contributed by atoms with Gasteiger partial charge in [0.1, 0.15) is 12.4 Å². The van der Waals surface area contributed by atoms with E-state index in [-0.39, 0.29) is 30.9 Å². The van der Waals surface area contributed by atoms with E-state index in [1.165, 1.54) is 11.0 Å². The third-order valence-corrected chi connectivity index (χ3v) is 2.74. The van der Waals surface area contributed by atoms with Crippen LogP contribution in [0.25, 0.3) is 0 Å². The molecule has 17 heavy (non-hydrogen) atoms. The number of rotatable bonds is 3. The van der Waals surface area contributed by atoms with Gasteiger partial charge in [0, 0.05) is 6.61 Å². The van der Waals surface area contributed by atoms with Crippen LogP contribution in [0.3, 0.4) is 0 Å². The summed E-state index contributed by atoms with van der Waals surface area (Å²) in [6.45, 7) is 0.211. The molecule has 0 aromatic heterocycles. The maximum Gasteiger partial charge on any atom is 0.253 e. The summed E-state index contributed by atoms with van der Waals surface area (Å²) in [4.78, 5) is 13.2. The van der Waals surface area contributed by atoms with Crippen LogP contribution in [0.15, 0.2) is 24.3 Å². The van der Waals surface area contributed by atoms with Crippen molar-refractivity contribution in [2.75, 3.05) is 24.7 Å². The molecule has 0 saturated carbocycles. The minimum Gasteiger partial charge on any atom is -0.396 e. The molecule has 1 aliphatic rings. The number of morpholine rings is 1. The lowest BCUT2D eigenvalue weighted by Gasteiger charge is -2.35. The maximum absolute atomic E-state index is 13.7. The third-order valence-electron chi connectivity index (χ3n) is 2.74. The Kier molecular flexibility index (Phi) is 3.71. The van der Waals surface area contributed by atoms with E-state index in [0.717, 1.165) is 0 Å². The lowest BCUT2D eigenvalue weighted by Crippen LogP contribution is -2.50. The van der Waals surface area contributed by atoms with Gasteiger partial charge >= 0.3 is 0 Å². The molecule has 0 bridgehead atoms. The molecule has 1 amide bonds. The number of anilines is 1. The molecule has 1 heterocycles. The van der Waals surface area contributed by atoms with E-state index in [2.05, 4.69) is 0 Å². The number of carbonyl (C=O) groups excluding carboxylic acids is 1. The van der Waals surface area contributed by atoms with Crippen molar-refractivity contribution in [3.8, 4) is 0 Å². The molecule has 92 valence electrons. The fourth-order valence-electron chi connectivity index (χ4n) is 1.97. The van der Waals surface area contributed by atoms with Crippen molar-refractivity contribution < 1.29 is 19.0 Å². The van der Waals surface area contributed by atoms with Gasteiger partial charge in [0.05, 0.1) is 18.3 Å². The Labute approximate surface area is 98.6 Å². The fraction of sp³-hybridized carbons (Fsp3) is 0.417. The van der Waals surface area contributed by atoms with E-state index in [1.54, 1.807) is 18.2 Å². The number of halogens is 1. The van der Waals surface area contributed by atoms with Crippen molar-refractivity contribution in [1.29, 1.82) is 0 Å². The van der Waals surface area contributed by atoms with Crippen LogP contribution in [0.1, 0.15) is 6.42 Å². The molecule has 1 aromatic rings. The summed E-state index contributed by atoms with van der Waals surface area (Å²) in [5, 5.41) is 8.95. The topological polar surface area (TPSA) is 49.8 Å². The van der Waals surface area contributed by atoms with Gasteiger partial charge in [-0.05, 0) is 18.6 Å². The summed E-state index contributed by atoms with van der Waals surface area (Å²) in [6.07, 6.45) is 0.375. The second kappa shape index (κ2) is 5.25. The molecule has 1 aliphatic heterocycles. The first-order chi connectivity index (χ1) is 8.24. The summed E-state index contributed by atoms with van der Waals surface area (Å²) >= 11 is 0. The normalized spacial score (nSPS) is 20.7. The number of nitrogens with zero attached hydrogens (tertiary/aromatic N) is 1. The van der Waals surface area contributed by atoms with Crippen LogP contribution in [-0.4, -0.2) is 36.9 Å². The van der Waals surface area contributed by atoms with Crippen molar-refractivity contribution in [3.63, 3.8) is 0 Å². The van der Waals surface area contributed by atoms with E-state index < -0.39 is 5.82 Å². The first-order valence-electron chi connectivity index (χ1n) is 5.49. The summed E-state index contributed by atoms with van der Waals surface area (Å²) in [6, 6.07) is 5.82. The van der Waals surface area contributed by atoms with Crippen molar-refractivity contribution >= 4 is 11.6 Å². The summed E-state index contributed by atoms with van der Waals surface area (Å²) < 4.78 is 18.8. The first kappa shape index (κ1) is 12.0. The van der Waals surface area contributed by atoms with Crippen LogP contribution < -0.4 is 4.90 Å². The van der Waals surface area contributed by atoms with Gasteiger partial charge < -0.3 is 14.7 Å². The van der Waals surface area contributed by atoms with Crippen LogP contribution >= 0.6 is 0 Å². The molecular formula is C12H14FNO3. The van der Waals surface area contributed by atoms with Crippen molar-refractivity contribution in [1.82, 2.24) is 0 Å². The smallest absolute Gasteiger partial charge is 0.253 e. The van der Waals surface area contributed by atoms with E-state index in [4.69, 9.17) is 9.84 Å². The van der Waals surface area contributed by atoms with Gasteiger partial charge in [0.25, 0.3) is 5.91 Å². The molecule has 0 aliphatic carbocycles. The number of para-hydroxylation sites is 1. The highest BCUT2D eigenvalue weighted by atomic mass is 19.1. The zero-order chi connectivity index (χ0) is 12.3. The Morgan fingerprint density at radius 1 is 1.47 bits per heavy atom. The van der Waals surface area contributed by atoms with Crippen LogP contribution in [0, 0.1) is 5.82 Å². The van der Waals surface area contributed by atoms with Gasteiger partial charge in [0.2, 0.25) is 0 Å². The molecule has 1 N–H and O–H groups in total. The average Bonchev–Trinajstić information content (AvgIpc) is 2.31. The first-order valence-corrected chi connectivity index (χ1v) is 5.49. The zero-order valence-electron chi connectivity index (χ0n) is 9.30. The van der Waals surface area contributed by atoms with E-state index in [0.29, 0.717) is 13.0 Å². The van der Waals surface area contributed by atoms with Crippen LogP contribution in [0.5, 0.6) is 0 Å². The zero-order valence-corrected chi connectivity index (χ0v) is 9.30. The van der Waals surface area contributed by atoms with Crippen LogP contribution in [0.2, 0.25) is 0 Å². The molecule has 1 aromatic carbocycles. The second-order valence-electron chi connectivity index (χ2n) is 3.90. The quantitative estimate of drug-likeness (QED) is 0.854. The molecular weight excluding hydrogens is 225 g/mol. The molecule has 1 fully saturated rings.